The van der Waals surface area contributed by atoms with E-state index in [9.17, 15) is 4.79 Å². The number of halogens is 1. The van der Waals surface area contributed by atoms with Gasteiger partial charge in [0.25, 0.3) is 0 Å². The maximum absolute atomic E-state index is 13.0. The lowest BCUT2D eigenvalue weighted by atomic mass is 9.93. The van der Waals surface area contributed by atoms with Crippen LogP contribution in [0.2, 0.25) is 0 Å². The van der Waals surface area contributed by atoms with E-state index < -0.39 is 5.79 Å². The Morgan fingerprint density at radius 2 is 1.77 bits per heavy atom. The minimum Gasteiger partial charge on any atom is -0.355 e. The largest absolute Gasteiger partial charge is 0.355 e. The highest BCUT2D eigenvalue weighted by molar-refractivity contribution is 9.11. The molecule has 0 N–H and O–H groups in total. The van der Waals surface area contributed by atoms with Crippen molar-refractivity contribution >= 4 is 39.0 Å². The van der Waals surface area contributed by atoms with Crippen LogP contribution >= 0.6 is 27.3 Å². The zero-order chi connectivity index (χ0) is 20.6. The lowest BCUT2D eigenvalue weighted by Gasteiger charge is -2.40. The first-order valence-electron chi connectivity index (χ1n) is 10.5. The molecule has 1 spiro atoms. The third-order valence-corrected chi connectivity index (χ3v) is 7.94. The molecule has 2 aromatic heterocycles. The van der Waals surface area contributed by atoms with Gasteiger partial charge in [0.1, 0.15) is 5.69 Å². The maximum Gasteiger partial charge on any atom is 0.225 e. The molecule has 0 saturated carbocycles. The second kappa shape index (κ2) is 8.53. The van der Waals surface area contributed by atoms with Crippen molar-refractivity contribution in [1.29, 1.82) is 0 Å². The van der Waals surface area contributed by atoms with Gasteiger partial charge in [-0.3, -0.25) is 4.79 Å². The minimum absolute atomic E-state index is 0.0939. The summed E-state index contributed by atoms with van der Waals surface area (Å²) in [4.78, 5) is 18.3. The average molecular weight is 493 g/mol. The van der Waals surface area contributed by atoms with Gasteiger partial charge in [0.15, 0.2) is 11.6 Å². The van der Waals surface area contributed by atoms with Gasteiger partial charge in [0.2, 0.25) is 5.91 Å². The van der Waals surface area contributed by atoms with Crippen molar-refractivity contribution in [1.82, 2.24) is 15.1 Å². The summed E-state index contributed by atoms with van der Waals surface area (Å²) in [6.45, 7) is 4.45. The molecule has 0 aliphatic carbocycles. The van der Waals surface area contributed by atoms with E-state index in [1.165, 1.54) is 0 Å². The summed E-state index contributed by atoms with van der Waals surface area (Å²) < 4.78 is 12.6. The van der Waals surface area contributed by atoms with Gasteiger partial charge in [-0.2, -0.15) is 0 Å². The van der Waals surface area contributed by atoms with E-state index in [0.29, 0.717) is 13.2 Å². The van der Waals surface area contributed by atoms with Crippen LogP contribution in [0.25, 0.3) is 10.6 Å². The van der Waals surface area contributed by atoms with Gasteiger partial charge in [-0.05, 0) is 53.0 Å². The quantitative estimate of drug-likeness (QED) is 0.652. The van der Waals surface area contributed by atoms with Gasteiger partial charge < -0.3 is 19.3 Å². The summed E-state index contributed by atoms with van der Waals surface area (Å²) in [6, 6.07) is 8.12. The van der Waals surface area contributed by atoms with Gasteiger partial charge in [-0.25, -0.2) is 0 Å². The molecule has 5 heterocycles. The summed E-state index contributed by atoms with van der Waals surface area (Å²) in [5.41, 5.74) is 0.887. The predicted molar refractivity (Wildman–Crippen MR) is 118 cm³/mol. The van der Waals surface area contributed by atoms with E-state index in [0.717, 1.165) is 72.0 Å². The van der Waals surface area contributed by atoms with Crippen molar-refractivity contribution in [2.24, 2.45) is 5.92 Å². The number of thiophene rings is 1. The predicted octanol–water partition coefficient (Wildman–Crippen LogP) is 3.55. The molecule has 3 aliphatic heterocycles. The highest BCUT2D eigenvalue weighted by atomic mass is 79.9. The van der Waals surface area contributed by atoms with E-state index >= 15 is 0 Å². The summed E-state index contributed by atoms with van der Waals surface area (Å²) >= 11 is 5.13. The van der Waals surface area contributed by atoms with Crippen molar-refractivity contribution in [3.8, 4) is 10.6 Å². The number of likely N-dealkylation sites (tertiary alicyclic amines) is 1. The molecule has 0 aromatic carbocycles. The van der Waals surface area contributed by atoms with Gasteiger partial charge in [-0.1, -0.05) is 0 Å². The molecular formula is C21H25BrN4O3S. The lowest BCUT2D eigenvalue weighted by Crippen LogP contribution is -2.50. The van der Waals surface area contributed by atoms with Crippen molar-refractivity contribution in [2.75, 3.05) is 44.3 Å². The average Bonchev–Trinajstić information content (AvgIpc) is 3.43. The van der Waals surface area contributed by atoms with Gasteiger partial charge >= 0.3 is 0 Å². The van der Waals surface area contributed by atoms with Crippen LogP contribution in [0.1, 0.15) is 25.7 Å². The number of carbonyl (C=O) groups is 1. The molecule has 5 rings (SSSR count). The Kier molecular flexibility index (Phi) is 5.79. The first-order chi connectivity index (χ1) is 14.6. The molecule has 160 valence electrons. The van der Waals surface area contributed by atoms with Crippen LogP contribution in [0.5, 0.6) is 0 Å². The zero-order valence-corrected chi connectivity index (χ0v) is 19.2. The Morgan fingerprint density at radius 1 is 1.03 bits per heavy atom. The Balaban J connectivity index is 1.14. The van der Waals surface area contributed by atoms with Crippen LogP contribution in [0.15, 0.2) is 28.1 Å². The number of hydrogen-bond acceptors (Lipinski definition) is 7. The molecule has 0 bridgehead atoms. The number of aromatic nitrogens is 2. The minimum atomic E-state index is -0.426. The third kappa shape index (κ3) is 4.12. The molecule has 9 heteroatoms. The Hall–Kier alpha value is -1.55. The first-order valence-corrected chi connectivity index (χ1v) is 12.1. The van der Waals surface area contributed by atoms with E-state index in [1.807, 2.05) is 29.2 Å². The van der Waals surface area contributed by atoms with Crippen molar-refractivity contribution in [3.05, 3.63) is 28.1 Å². The molecule has 0 radical (unpaired) electrons. The van der Waals surface area contributed by atoms with Crippen LogP contribution in [-0.4, -0.2) is 66.2 Å². The Morgan fingerprint density at radius 3 is 2.37 bits per heavy atom. The number of ether oxygens (including phenoxy) is 2. The second-order valence-electron chi connectivity index (χ2n) is 8.07. The summed E-state index contributed by atoms with van der Waals surface area (Å²) in [5.74, 6) is 0.837. The summed E-state index contributed by atoms with van der Waals surface area (Å²) in [6.07, 6.45) is 3.27. The lowest BCUT2D eigenvalue weighted by molar-refractivity contribution is -0.188. The number of hydrogen-bond donors (Lipinski definition) is 0. The normalized spacial score (nSPS) is 22.0. The van der Waals surface area contributed by atoms with Crippen molar-refractivity contribution < 1.29 is 14.3 Å². The topological polar surface area (TPSA) is 67.8 Å². The van der Waals surface area contributed by atoms with Crippen LogP contribution in [0, 0.1) is 5.92 Å². The number of amides is 1. The fourth-order valence-electron chi connectivity index (χ4n) is 4.54. The van der Waals surface area contributed by atoms with E-state index in [-0.39, 0.29) is 11.8 Å². The fourth-order valence-corrected chi connectivity index (χ4v) is 5.90. The number of nitrogens with zero attached hydrogens (tertiary/aromatic N) is 4. The van der Waals surface area contributed by atoms with E-state index in [1.54, 1.807) is 11.3 Å². The molecule has 30 heavy (non-hydrogen) atoms. The third-order valence-electron chi connectivity index (χ3n) is 6.29. The molecule has 0 atom stereocenters. The van der Waals surface area contributed by atoms with Gasteiger partial charge in [0, 0.05) is 44.9 Å². The van der Waals surface area contributed by atoms with E-state index in [2.05, 4.69) is 31.0 Å². The number of anilines is 1. The highest BCUT2D eigenvalue weighted by Gasteiger charge is 2.41. The second-order valence-corrected chi connectivity index (χ2v) is 10.5. The van der Waals surface area contributed by atoms with Gasteiger partial charge in [-0.15, -0.1) is 21.5 Å². The number of carbonyl (C=O) groups excluding carboxylic acids is 1. The molecule has 2 aromatic rings. The summed E-state index contributed by atoms with van der Waals surface area (Å²) in [7, 11) is 0. The maximum atomic E-state index is 13.0. The van der Waals surface area contributed by atoms with E-state index in [4.69, 9.17) is 9.47 Å². The molecule has 3 saturated heterocycles. The van der Waals surface area contributed by atoms with Crippen LogP contribution in [-0.2, 0) is 14.3 Å². The van der Waals surface area contributed by atoms with Crippen LogP contribution in [0.4, 0.5) is 5.82 Å². The molecule has 3 aliphatic rings. The SMILES string of the molecule is O=C(C1CCN(c2ccc(-c3ccc(Br)s3)nn2)CC1)N1CCC2(CC1)OCCO2. The molecule has 7 nitrogen and oxygen atoms in total. The molecule has 0 unspecified atom stereocenters. The van der Waals surface area contributed by atoms with Crippen LogP contribution < -0.4 is 4.90 Å². The monoisotopic (exact) mass is 492 g/mol. The first kappa shape index (κ1) is 20.4. The molecule has 3 fully saturated rings. The van der Waals surface area contributed by atoms with Crippen molar-refractivity contribution in [2.45, 2.75) is 31.5 Å². The standard InChI is InChI=1S/C21H25BrN4O3S/c22-18-3-2-17(30-18)16-1-4-19(24-23-16)25-9-5-15(6-10-25)20(27)26-11-7-21(8-12-26)28-13-14-29-21/h1-4,15H,5-14H2. The van der Waals surface area contributed by atoms with Gasteiger partial charge in [0.05, 0.1) is 21.9 Å². The molecule has 1 amide bonds. The fraction of sp³-hybridized carbons (Fsp3) is 0.571. The molecular weight excluding hydrogens is 468 g/mol. The van der Waals surface area contributed by atoms with Crippen LogP contribution in [0.3, 0.4) is 0 Å². The number of piperidine rings is 2. The Bertz CT molecular complexity index is 882. The highest BCUT2D eigenvalue weighted by Crippen LogP contribution is 2.33. The Labute approximate surface area is 188 Å². The number of rotatable bonds is 3. The zero-order valence-electron chi connectivity index (χ0n) is 16.8. The van der Waals surface area contributed by atoms with Crippen molar-refractivity contribution in [3.63, 3.8) is 0 Å². The summed E-state index contributed by atoms with van der Waals surface area (Å²) in [5, 5.41) is 8.83. The smallest absolute Gasteiger partial charge is 0.225 e.